The molecule has 7 heteroatoms. The predicted octanol–water partition coefficient (Wildman–Crippen LogP) is 1.33. The largest absolute Gasteiger partial charge is 0.481 e. The molecule has 1 aliphatic rings. The van der Waals surface area contributed by atoms with Gasteiger partial charge in [-0.1, -0.05) is 6.42 Å². The third-order valence-corrected chi connectivity index (χ3v) is 5.18. The van der Waals surface area contributed by atoms with Crippen LogP contribution in [0.1, 0.15) is 42.5 Å². The van der Waals surface area contributed by atoms with Crippen LogP contribution in [-0.4, -0.2) is 30.2 Å². The zero-order valence-electron chi connectivity index (χ0n) is 9.83. The van der Waals surface area contributed by atoms with Gasteiger partial charge in [-0.2, -0.15) is 0 Å². The van der Waals surface area contributed by atoms with Crippen LogP contribution < -0.4 is 0 Å². The van der Waals surface area contributed by atoms with Gasteiger partial charge >= 0.3 is 5.97 Å². The maximum absolute atomic E-state index is 11.9. The topological polar surface area (TPSA) is 97.5 Å². The third kappa shape index (κ3) is 2.90. The van der Waals surface area contributed by atoms with E-state index < -0.39 is 21.1 Å². The Balaban J connectivity index is 2.11. The Morgan fingerprint density at radius 2 is 2.28 bits per heavy atom. The van der Waals surface area contributed by atoms with Crippen LogP contribution in [0.4, 0.5) is 0 Å². The average Bonchev–Trinajstić information content (AvgIpc) is 2.74. The van der Waals surface area contributed by atoms with E-state index in [9.17, 15) is 13.2 Å². The molecule has 1 aromatic rings. The Morgan fingerprint density at radius 3 is 2.94 bits per heavy atom. The number of carbonyl (C=O) groups is 1. The summed E-state index contributed by atoms with van der Waals surface area (Å²) >= 11 is 0. The van der Waals surface area contributed by atoms with E-state index in [1.54, 1.807) is 0 Å². The van der Waals surface area contributed by atoms with Crippen molar-refractivity contribution in [2.45, 2.75) is 37.4 Å². The molecule has 0 aromatic carbocycles. The van der Waals surface area contributed by atoms with Gasteiger partial charge in [-0.15, -0.1) is 0 Å². The molecule has 1 unspecified atom stereocenters. The summed E-state index contributed by atoms with van der Waals surface area (Å²) in [6.07, 6.45) is 3.63. The van der Waals surface area contributed by atoms with Gasteiger partial charge in [-0.3, -0.25) is 4.79 Å². The molecule has 2 heterocycles. The number of sulfone groups is 1. The van der Waals surface area contributed by atoms with Gasteiger partial charge < -0.3 is 9.52 Å². The Bertz CT molecular complexity index is 533. The van der Waals surface area contributed by atoms with Gasteiger partial charge in [0.05, 0.1) is 17.9 Å². The van der Waals surface area contributed by atoms with Gasteiger partial charge in [0.1, 0.15) is 11.5 Å². The molecular formula is C11H15NO5S. The normalized spacial score (nSPS) is 22.8. The second-order valence-corrected chi connectivity index (χ2v) is 6.73. The number of hydrogen-bond acceptors (Lipinski definition) is 5. The van der Waals surface area contributed by atoms with Crippen LogP contribution in [0, 0.1) is 0 Å². The maximum Gasteiger partial charge on any atom is 0.303 e. The highest BCUT2D eigenvalue weighted by Gasteiger charge is 2.33. The van der Waals surface area contributed by atoms with Crippen molar-refractivity contribution < 1.29 is 22.7 Å². The Hall–Kier alpha value is -1.37. The van der Waals surface area contributed by atoms with E-state index in [4.69, 9.17) is 9.52 Å². The van der Waals surface area contributed by atoms with Crippen molar-refractivity contribution in [3.63, 3.8) is 0 Å². The highest BCUT2D eigenvalue weighted by Crippen LogP contribution is 2.32. The SMILES string of the molecule is O=C(O)CCc1coc(C2CCCCS2(=O)=O)n1. The van der Waals surface area contributed by atoms with Gasteiger partial charge in [0.15, 0.2) is 9.84 Å². The van der Waals surface area contributed by atoms with E-state index in [1.165, 1.54) is 6.26 Å². The molecule has 6 nitrogen and oxygen atoms in total. The molecule has 1 atom stereocenters. The van der Waals surface area contributed by atoms with E-state index in [1.807, 2.05) is 0 Å². The second kappa shape index (κ2) is 5.09. The van der Waals surface area contributed by atoms with Crippen molar-refractivity contribution in [1.82, 2.24) is 4.98 Å². The maximum atomic E-state index is 11.9. The molecule has 1 aliphatic heterocycles. The van der Waals surface area contributed by atoms with Crippen LogP contribution in [0.25, 0.3) is 0 Å². The van der Waals surface area contributed by atoms with Crippen molar-refractivity contribution in [1.29, 1.82) is 0 Å². The molecule has 0 aliphatic carbocycles. The molecule has 2 rings (SSSR count). The molecule has 1 saturated heterocycles. The molecule has 0 saturated carbocycles. The van der Waals surface area contributed by atoms with Gasteiger partial charge in [-0.25, -0.2) is 13.4 Å². The highest BCUT2D eigenvalue weighted by molar-refractivity contribution is 7.91. The average molecular weight is 273 g/mol. The summed E-state index contributed by atoms with van der Waals surface area (Å²) in [5.41, 5.74) is 0.494. The van der Waals surface area contributed by atoms with Gasteiger partial charge in [0.25, 0.3) is 0 Å². The number of aryl methyl sites for hydroxylation is 1. The van der Waals surface area contributed by atoms with Crippen molar-refractivity contribution >= 4 is 15.8 Å². The summed E-state index contributed by atoms with van der Waals surface area (Å²) < 4.78 is 28.9. The standard InChI is InChI=1S/C11H15NO5S/c13-10(14)5-4-8-7-17-11(12-8)9-3-1-2-6-18(9,15)16/h7,9H,1-6H2,(H,13,14). The Kier molecular flexibility index (Phi) is 3.70. The number of carboxylic acid groups (broad SMARTS) is 1. The molecule has 0 radical (unpaired) electrons. The van der Waals surface area contributed by atoms with Gasteiger partial charge in [-0.05, 0) is 12.8 Å². The summed E-state index contributed by atoms with van der Waals surface area (Å²) in [5.74, 6) is -0.537. The molecule has 0 bridgehead atoms. The van der Waals surface area contributed by atoms with Crippen LogP contribution >= 0.6 is 0 Å². The fourth-order valence-corrected chi connectivity index (χ4v) is 3.88. The first-order valence-corrected chi connectivity index (χ1v) is 7.58. The zero-order valence-corrected chi connectivity index (χ0v) is 10.6. The summed E-state index contributed by atoms with van der Waals surface area (Å²) in [7, 11) is -3.17. The first-order valence-electron chi connectivity index (χ1n) is 5.87. The second-order valence-electron chi connectivity index (χ2n) is 4.42. The highest BCUT2D eigenvalue weighted by atomic mass is 32.2. The lowest BCUT2D eigenvalue weighted by molar-refractivity contribution is -0.136. The molecule has 18 heavy (non-hydrogen) atoms. The smallest absolute Gasteiger partial charge is 0.303 e. The molecule has 0 spiro atoms. The van der Waals surface area contributed by atoms with Crippen molar-refractivity contribution in [2.75, 3.05) is 5.75 Å². The third-order valence-electron chi connectivity index (χ3n) is 3.02. The monoisotopic (exact) mass is 273 g/mol. The molecule has 100 valence electrons. The number of aromatic nitrogens is 1. The molecule has 0 amide bonds. The lowest BCUT2D eigenvalue weighted by atomic mass is 10.2. The predicted molar refractivity (Wildman–Crippen MR) is 62.8 cm³/mol. The van der Waals surface area contributed by atoms with Crippen LogP contribution in [0.15, 0.2) is 10.7 Å². The molecular weight excluding hydrogens is 258 g/mol. The zero-order chi connectivity index (χ0) is 13.2. The van der Waals surface area contributed by atoms with Gasteiger partial charge in [0.2, 0.25) is 5.89 Å². The van der Waals surface area contributed by atoms with E-state index in [-0.39, 0.29) is 24.5 Å². The molecule has 1 fully saturated rings. The number of oxazole rings is 1. The van der Waals surface area contributed by atoms with E-state index in [2.05, 4.69) is 4.98 Å². The Labute approximate surface area is 105 Å². The summed E-state index contributed by atoms with van der Waals surface area (Å²) in [6, 6.07) is 0. The van der Waals surface area contributed by atoms with Crippen LogP contribution in [0.3, 0.4) is 0 Å². The van der Waals surface area contributed by atoms with Gasteiger partial charge in [0, 0.05) is 6.42 Å². The lowest BCUT2D eigenvalue weighted by Crippen LogP contribution is -2.21. The quantitative estimate of drug-likeness (QED) is 0.888. The first kappa shape index (κ1) is 13.1. The first-order chi connectivity index (χ1) is 8.49. The fraction of sp³-hybridized carbons (Fsp3) is 0.636. The Morgan fingerprint density at radius 1 is 1.50 bits per heavy atom. The minimum Gasteiger partial charge on any atom is -0.481 e. The van der Waals surface area contributed by atoms with Crippen LogP contribution in [0.5, 0.6) is 0 Å². The number of hydrogen-bond donors (Lipinski definition) is 1. The number of aliphatic carboxylic acids is 1. The van der Waals surface area contributed by atoms with Crippen molar-refractivity contribution in [2.24, 2.45) is 0 Å². The fourth-order valence-electron chi connectivity index (χ4n) is 2.05. The van der Waals surface area contributed by atoms with E-state index in [0.29, 0.717) is 18.5 Å². The van der Waals surface area contributed by atoms with Crippen LogP contribution in [-0.2, 0) is 21.1 Å². The molecule has 1 N–H and O–H groups in total. The summed E-state index contributed by atoms with van der Waals surface area (Å²) in [4.78, 5) is 14.5. The number of rotatable bonds is 4. The summed E-state index contributed by atoms with van der Waals surface area (Å²) in [5, 5.41) is 7.90. The minimum atomic E-state index is -3.17. The minimum absolute atomic E-state index is 0.0383. The van der Waals surface area contributed by atoms with E-state index in [0.717, 1.165) is 6.42 Å². The van der Waals surface area contributed by atoms with Crippen molar-refractivity contribution in [3.8, 4) is 0 Å². The van der Waals surface area contributed by atoms with Crippen molar-refractivity contribution in [3.05, 3.63) is 17.8 Å². The van der Waals surface area contributed by atoms with E-state index >= 15 is 0 Å². The van der Waals surface area contributed by atoms with Crippen LogP contribution in [0.2, 0.25) is 0 Å². The number of carboxylic acids is 1. The summed E-state index contributed by atoms with van der Waals surface area (Å²) in [6.45, 7) is 0. The lowest BCUT2D eigenvalue weighted by Gasteiger charge is -2.18. The molecule has 1 aromatic heterocycles. The number of nitrogens with zero attached hydrogens (tertiary/aromatic N) is 1.